The molecule has 0 radical (unpaired) electrons. The molecule has 2 aromatic carbocycles. The number of nitrogens with two attached hydrogens (primary N) is 1. The van der Waals surface area contributed by atoms with Crippen LogP contribution in [0.15, 0.2) is 60.8 Å². The highest BCUT2D eigenvalue weighted by Crippen LogP contribution is 2.31. The second-order valence-corrected chi connectivity index (χ2v) is 4.77. The Kier molecular flexibility index (Phi) is 3.35. The largest absolute Gasteiger partial charge is 0.438 e. The molecule has 0 saturated heterocycles. The molecule has 2 N–H and O–H groups in total. The lowest BCUT2D eigenvalue weighted by molar-refractivity contribution is 0.457. The highest BCUT2D eigenvalue weighted by molar-refractivity contribution is 5.88. The van der Waals surface area contributed by atoms with Gasteiger partial charge in [0.15, 0.2) is 0 Å². The average Bonchev–Trinajstić information content (AvgIpc) is 2.48. The van der Waals surface area contributed by atoms with Gasteiger partial charge in [-0.15, -0.1) is 0 Å². The molecule has 3 nitrogen and oxygen atoms in total. The number of rotatable bonds is 3. The van der Waals surface area contributed by atoms with Crippen LogP contribution in [0.1, 0.15) is 18.5 Å². The van der Waals surface area contributed by atoms with E-state index in [2.05, 4.69) is 17.1 Å². The third-order valence-electron chi connectivity index (χ3n) is 3.25. The minimum atomic E-state index is -0.117. The fraction of sp³-hybridized carbons (Fsp3) is 0.118. The molecule has 3 rings (SSSR count). The van der Waals surface area contributed by atoms with E-state index in [0.29, 0.717) is 5.88 Å². The number of aromatic nitrogens is 1. The summed E-state index contributed by atoms with van der Waals surface area (Å²) in [5.74, 6) is 1.36. The number of fused-ring (bicyclic) bond motifs is 1. The predicted octanol–water partition coefficient (Wildman–Crippen LogP) is 4.05. The third kappa shape index (κ3) is 2.36. The lowest BCUT2D eigenvalue weighted by Crippen LogP contribution is -2.07. The van der Waals surface area contributed by atoms with Crippen LogP contribution in [-0.4, -0.2) is 4.98 Å². The average molecular weight is 264 g/mol. The first-order valence-corrected chi connectivity index (χ1v) is 6.62. The molecule has 0 bridgehead atoms. The van der Waals surface area contributed by atoms with E-state index in [-0.39, 0.29) is 6.04 Å². The van der Waals surface area contributed by atoms with E-state index in [1.54, 1.807) is 6.20 Å². The van der Waals surface area contributed by atoms with Gasteiger partial charge >= 0.3 is 0 Å². The molecule has 0 fully saturated rings. The summed E-state index contributed by atoms with van der Waals surface area (Å²) in [6.45, 7) is 1.92. The molecule has 0 spiro atoms. The van der Waals surface area contributed by atoms with Crippen molar-refractivity contribution in [3.63, 3.8) is 0 Å². The van der Waals surface area contributed by atoms with Gasteiger partial charge in [-0.25, -0.2) is 4.98 Å². The summed E-state index contributed by atoms with van der Waals surface area (Å²) in [4.78, 5) is 4.30. The minimum absolute atomic E-state index is 0.117. The maximum Gasteiger partial charge on any atom is 0.224 e. The van der Waals surface area contributed by atoms with Gasteiger partial charge in [-0.1, -0.05) is 42.5 Å². The Hall–Kier alpha value is -2.39. The van der Waals surface area contributed by atoms with E-state index in [1.165, 1.54) is 0 Å². The highest BCUT2D eigenvalue weighted by Gasteiger charge is 2.11. The predicted molar refractivity (Wildman–Crippen MR) is 80.9 cm³/mol. The molecule has 3 heteroatoms. The van der Waals surface area contributed by atoms with Crippen LogP contribution in [0.4, 0.5) is 0 Å². The first-order chi connectivity index (χ1) is 9.75. The maximum atomic E-state index is 5.99. The van der Waals surface area contributed by atoms with Crippen LogP contribution < -0.4 is 10.5 Å². The summed E-state index contributed by atoms with van der Waals surface area (Å²) < 4.78 is 5.99. The second-order valence-electron chi connectivity index (χ2n) is 4.77. The highest BCUT2D eigenvalue weighted by atomic mass is 16.5. The first-order valence-electron chi connectivity index (χ1n) is 6.62. The number of nitrogens with zero attached hydrogens (tertiary/aromatic N) is 1. The Bertz CT molecular complexity index is 732. The zero-order valence-corrected chi connectivity index (χ0v) is 11.3. The number of hydrogen-bond donors (Lipinski definition) is 1. The normalized spacial score (nSPS) is 12.3. The van der Waals surface area contributed by atoms with Crippen LogP contribution >= 0.6 is 0 Å². The Morgan fingerprint density at radius 1 is 1.00 bits per heavy atom. The zero-order valence-electron chi connectivity index (χ0n) is 11.3. The van der Waals surface area contributed by atoms with Crippen molar-refractivity contribution >= 4 is 10.8 Å². The molecule has 0 aliphatic rings. The molecule has 3 aromatic rings. The van der Waals surface area contributed by atoms with Crippen molar-refractivity contribution in [1.29, 1.82) is 0 Å². The van der Waals surface area contributed by atoms with Gasteiger partial charge in [0.2, 0.25) is 5.88 Å². The molecule has 100 valence electrons. The molecule has 0 amide bonds. The Labute approximate surface area is 118 Å². The van der Waals surface area contributed by atoms with E-state index < -0.39 is 0 Å². The number of ether oxygens (including phenoxy) is 1. The van der Waals surface area contributed by atoms with Gasteiger partial charge in [-0.05, 0) is 24.4 Å². The summed E-state index contributed by atoms with van der Waals surface area (Å²) in [6, 6.07) is 17.8. The van der Waals surface area contributed by atoms with Crippen molar-refractivity contribution in [3.8, 4) is 11.6 Å². The summed E-state index contributed by atoms with van der Waals surface area (Å²) in [7, 11) is 0. The molecule has 1 heterocycles. The van der Waals surface area contributed by atoms with Crippen LogP contribution in [-0.2, 0) is 0 Å². The smallest absolute Gasteiger partial charge is 0.224 e. The van der Waals surface area contributed by atoms with E-state index in [1.807, 2.05) is 49.4 Å². The Balaban J connectivity index is 2.06. The van der Waals surface area contributed by atoms with Crippen LogP contribution in [0.5, 0.6) is 11.6 Å². The van der Waals surface area contributed by atoms with Crippen molar-refractivity contribution in [2.24, 2.45) is 5.73 Å². The van der Waals surface area contributed by atoms with Crippen molar-refractivity contribution in [3.05, 3.63) is 66.4 Å². The van der Waals surface area contributed by atoms with E-state index in [9.17, 15) is 0 Å². The molecule has 0 saturated carbocycles. The number of pyridine rings is 1. The fourth-order valence-electron chi connectivity index (χ4n) is 2.22. The van der Waals surface area contributed by atoms with Crippen molar-refractivity contribution in [1.82, 2.24) is 4.98 Å². The lowest BCUT2D eigenvalue weighted by Gasteiger charge is -2.13. The molecule has 0 aliphatic heterocycles. The molecule has 20 heavy (non-hydrogen) atoms. The number of benzene rings is 2. The van der Waals surface area contributed by atoms with Gasteiger partial charge in [0.05, 0.1) is 0 Å². The van der Waals surface area contributed by atoms with Crippen LogP contribution in [0.25, 0.3) is 10.8 Å². The van der Waals surface area contributed by atoms with Crippen molar-refractivity contribution < 1.29 is 4.74 Å². The maximum absolute atomic E-state index is 5.99. The summed E-state index contributed by atoms with van der Waals surface area (Å²) >= 11 is 0. The van der Waals surface area contributed by atoms with Gasteiger partial charge in [0, 0.05) is 23.2 Å². The summed E-state index contributed by atoms with van der Waals surface area (Å²) in [6.07, 6.45) is 1.71. The molecule has 0 unspecified atom stereocenters. The second kappa shape index (κ2) is 5.31. The molecular weight excluding hydrogens is 248 g/mol. The quantitative estimate of drug-likeness (QED) is 0.776. The standard InChI is InChI=1S/C17H16N2O/c1-12(18)14-9-5-11-19-17(14)20-16-10-4-7-13-6-2-3-8-15(13)16/h2-12H,18H2,1H3/t12-/m0/s1. The fourth-order valence-corrected chi connectivity index (χ4v) is 2.22. The van der Waals surface area contributed by atoms with Crippen LogP contribution in [0.3, 0.4) is 0 Å². The van der Waals surface area contributed by atoms with Gasteiger partial charge in [0.1, 0.15) is 5.75 Å². The van der Waals surface area contributed by atoms with Crippen molar-refractivity contribution in [2.75, 3.05) is 0 Å². The van der Waals surface area contributed by atoms with Gasteiger partial charge in [0.25, 0.3) is 0 Å². The molecule has 1 atom stereocenters. The first kappa shape index (κ1) is 12.6. The summed E-state index contributed by atoms with van der Waals surface area (Å²) in [5.41, 5.74) is 6.86. The molecule has 0 aliphatic carbocycles. The van der Waals surface area contributed by atoms with Gasteiger partial charge < -0.3 is 10.5 Å². The number of hydrogen-bond acceptors (Lipinski definition) is 3. The zero-order chi connectivity index (χ0) is 13.9. The Morgan fingerprint density at radius 2 is 1.80 bits per heavy atom. The summed E-state index contributed by atoms with van der Waals surface area (Å²) in [5, 5.41) is 2.21. The minimum Gasteiger partial charge on any atom is -0.438 e. The topological polar surface area (TPSA) is 48.1 Å². The van der Waals surface area contributed by atoms with E-state index >= 15 is 0 Å². The lowest BCUT2D eigenvalue weighted by atomic mass is 10.1. The van der Waals surface area contributed by atoms with Crippen LogP contribution in [0, 0.1) is 0 Å². The van der Waals surface area contributed by atoms with Gasteiger partial charge in [-0.2, -0.15) is 0 Å². The Morgan fingerprint density at radius 3 is 2.65 bits per heavy atom. The van der Waals surface area contributed by atoms with Gasteiger partial charge in [-0.3, -0.25) is 0 Å². The van der Waals surface area contributed by atoms with E-state index in [0.717, 1.165) is 22.1 Å². The SMILES string of the molecule is C[C@H](N)c1cccnc1Oc1cccc2ccccc12. The van der Waals surface area contributed by atoms with E-state index in [4.69, 9.17) is 10.5 Å². The third-order valence-corrected chi connectivity index (χ3v) is 3.25. The molecular formula is C17H16N2O. The van der Waals surface area contributed by atoms with Crippen molar-refractivity contribution in [2.45, 2.75) is 13.0 Å². The molecule has 1 aromatic heterocycles. The monoisotopic (exact) mass is 264 g/mol. The van der Waals surface area contributed by atoms with Crippen LogP contribution in [0.2, 0.25) is 0 Å².